The second kappa shape index (κ2) is 4.79. The number of rotatable bonds is 4. The number of hydrogen-bond acceptors (Lipinski definition) is 6. The molecule has 2 aromatic rings. The Hall–Kier alpha value is -1.50. The second-order valence-corrected chi connectivity index (χ2v) is 4.96. The Morgan fingerprint density at radius 1 is 1.53 bits per heavy atom. The van der Waals surface area contributed by atoms with Gasteiger partial charge >= 0.3 is 0 Å². The molecule has 0 aromatic carbocycles. The third-order valence-electron chi connectivity index (χ3n) is 2.56. The lowest BCUT2D eigenvalue weighted by Gasteiger charge is -2.10. The van der Waals surface area contributed by atoms with Crippen molar-refractivity contribution in [2.45, 2.75) is 18.7 Å². The third-order valence-corrected chi connectivity index (χ3v) is 3.52. The van der Waals surface area contributed by atoms with E-state index in [0.717, 1.165) is 12.2 Å². The van der Waals surface area contributed by atoms with E-state index in [4.69, 9.17) is 10.5 Å². The number of ether oxygens (including phenoxy) is 1. The number of aromatic nitrogens is 4. The van der Waals surface area contributed by atoms with E-state index in [-0.39, 0.29) is 0 Å². The average molecular weight is 253 g/mol. The molecule has 2 heterocycles. The smallest absolute Gasteiger partial charge is 0.245 e. The summed E-state index contributed by atoms with van der Waals surface area (Å²) in [4.78, 5) is 12.5. The van der Waals surface area contributed by atoms with Crippen molar-refractivity contribution in [3.8, 4) is 5.88 Å². The Morgan fingerprint density at radius 2 is 2.29 bits per heavy atom. The Labute approximate surface area is 104 Å². The highest BCUT2D eigenvalue weighted by atomic mass is 32.2. The van der Waals surface area contributed by atoms with E-state index in [9.17, 15) is 0 Å². The normalized spacial score (nSPS) is 12.9. The number of imidazole rings is 1. The molecule has 1 atom stereocenters. The molecule has 2 aromatic heterocycles. The molecule has 2 rings (SSSR count). The van der Waals surface area contributed by atoms with Crippen LogP contribution in [-0.2, 0) is 6.54 Å². The van der Waals surface area contributed by atoms with Gasteiger partial charge in [-0.2, -0.15) is 16.7 Å². The van der Waals surface area contributed by atoms with E-state index in [0.29, 0.717) is 22.6 Å². The van der Waals surface area contributed by atoms with Crippen LogP contribution in [0.4, 0.5) is 5.95 Å². The highest BCUT2D eigenvalue weighted by molar-refractivity contribution is 7.99. The van der Waals surface area contributed by atoms with Crippen LogP contribution in [0.3, 0.4) is 0 Å². The van der Waals surface area contributed by atoms with Crippen molar-refractivity contribution in [3.63, 3.8) is 0 Å². The minimum Gasteiger partial charge on any atom is -0.479 e. The predicted octanol–water partition coefficient (Wildman–Crippen LogP) is 1.17. The van der Waals surface area contributed by atoms with Gasteiger partial charge in [-0.05, 0) is 6.26 Å². The molecule has 0 aliphatic rings. The van der Waals surface area contributed by atoms with E-state index in [2.05, 4.69) is 28.1 Å². The Balaban J connectivity index is 2.52. The summed E-state index contributed by atoms with van der Waals surface area (Å²) in [6, 6.07) is 0. The maximum absolute atomic E-state index is 5.90. The fraction of sp³-hybridized carbons (Fsp3) is 0.500. The van der Waals surface area contributed by atoms with Gasteiger partial charge in [0.1, 0.15) is 6.33 Å². The maximum Gasteiger partial charge on any atom is 0.245 e. The van der Waals surface area contributed by atoms with Crippen LogP contribution in [0.15, 0.2) is 6.33 Å². The number of nitrogens with zero attached hydrogens (tertiary/aromatic N) is 4. The fourth-order valence-electron chi connectivity index (χ4n) is 1.59. The number of methoxy groups -OCH3 is 1. The van der Waals surface area contributed by atoms with Gasteiger partial charge in [-0.15, -0.1) is 0 Å². The van der Waals surface area contributed by atoms with E-state index < -0.39 is 0 Å². The number of anilines is 1. The zero-order valence-corrected chi connectivity index (χ0v) is 10.9. The van der Waals surface area contributed by atoms with Crippen LogP contribution in [0, 0.1) is 0 Å². The van der Waals surface area contributed by atoms with E-state index in [1.54, 1.807) is 18.9 Å². The predicted molar refractivity (Wildman–Crippen MR) is 69.3 cm³/mol. The molecule has 0 amide bonds. The molecule has 0 bridgehead atoms. The molecule has 92 valence electrons. The lowest BCUT2D eigenvalue weighted by molar-refractivity contribution is 0.401. The van der Waals surface area contributed by atoms with Gasteiger partial charge in [0.2, 0.25) is 11.8 Å². The SMILES string of the molecule is COc1ncnc2c1nc(N)n2CC(C)SC. The van der Waals surface area contributed by atoms with Crippen LogP contribution in [0.5, 0.6) is 5.88 Å². The zero-order chi connectivity index (χ0) is 12.4. The maximum atomic E-state index is 5.90. The van der Waals surface area contributed by atoms with Crippen molar-refractivity contribution in [2.24, 2.45) is 0 Å². The molecule has 0 aliphatic carbocycles. The molecular formula is C10H15N5OS. The van der Waals surface area contributed by atoms with Gasteiger partial charge in [-0.3, -0.25) is 4.57 Å². The van der Waals surface area contributed by atoms with Crippen LogP contribution in [0.2, 0.25) is 0 Å². The molecule has 2 N–H and O–H groups in total. The summed E-state index contributed by atoms with van der Waals surface area (Å²) in [5, 5.41) is 0.440. The van der Waals surface area contributed by atoms with Crippen LogP contribution in [0.1, 0.15) is 6.92 Å². The minimum atomic E-state index is 0.440. The first-order valence-corrected chi connectivity index (χ1v) is 6.49. The van der Waals surface area contributed by atoms with Crippen molar-refractivity contribution in [1.82, 2.24) is 19.5 Å². The van der Waals surface area contributed by atoms with Gasteiger partial charge in [-0.25, -0.2) is 9.97 Å². The van der Waals surface area contributed by atoms with Gasteiger partial charge < -0.3 is 10.5 Å². The zero-order valence-electron chi connectivity index (χ0n) is 10.0. The molecule has 0 saturated heterocycles. The standard InChI is InChI=1S/C10H15N5OS/c1-6(17-3)4-15-8-7(14-10(15)11)9(16-2)13-5-12-8/h5-6H,4H2,1-3H3,(H2,11,14). The summed E-state index contributed by atoms with van der Waals surface area (Å²) in [5.74, 6) is 0.900. The molecule has 0 aliphatic heterocycles. The van der Waals surface area contributed by atoms with Crippen molar-refractivity contribution in [3.05, 3.63) is 6.33 Å². The first-order valence-electron chi connectivity index (χ1n) is 5.20. The van der Waals surface area contributed by atoms with Gasteiger partial charge in [0.05, 0.1) is 7.11 Å². The summed E-state index contributed by atoms with van der Waals surface area (Å²) in [7, 11) is 1.56. The van der Waals surface area contributed by atoms with Crippen molar-refractivity contribution >= 4 is 28.9 Å². The largest absolute Gasteiger partial charge is 0.479 e. The van der Waals surface area contributed by atoms with Gasteiger partial charge in [0.15, 0.2) is 11.2 Å². The fourth-order valence-corrected chi connectivity index (χ4v) is 1.89. The summed E-state index contributed by atoms with van der Waals surface area (Å²) in [6.07, 6.45) is 3.53. The summed E-state index contributed by atoms with van der Waals surface area (Å²) >= 11 is 1.77. The summed E-state index contributed by atoms with van der Waals surface area (Å²) in [6.45, 7) is 2.90. The van der Waals surface area contributed by atoms with Crippen LogP contribution >= 0.6 is 11.8 Å². The van der Waals surface area contributed by atoms with Crippen LogP contribution in [-0.4, -0.2) is 38.1 Å². The Kier molecular flexibility index (Phi) is 3.37. The van der Waals surface area contributed by atoms with E-state index >= 15 is 0 Å². The lowest BCUT2D eigenvalue weighted by Crippen LogP contribution is -2.12. The van der Waals surface area contributed by atoms with Gasteiger partial charge in [-0.1, -0.05) is 6.92 Å². The van der Waals surface area contributed by atoms with E-state index in [1.165, 1.54) is 6.33 Å². The van der Waals surface area contributed by atoms with Crippen LogP contribution in [0.25, 0.3) is 11.2 Å². The van der Waals surface area contributed by atoms with Gasteiger partial charge in [0, 0.05) is 11.8 Å². The molecule has 0 fully saturated rings. The molecule has 0 radical (unpaired) electrons. The molecule has 1 unspecified atom stereocenters. The molecule has 7 heteroatoms. The monoisotopic (exact) mass is 253 g/mol. The van der Waals surface area contributed by atoms with Gasteiger partial charge in [0.25, 0.3) is 0 Å². The first-order chi connectivity index (χ1) is 8.17. The van der Waals surface area contributed by atoms with Crippen molar-refractivity contribution < 1.29 is 4.74 Å². The molecule has 0 saturated carbocycles. The highest BCUT2D eigenvalue weighted by Gasteiger charge is 2.15. The topological polar surface area (TPSA) is 78.8 Å². The Bertz CT molecular complexity index is 527. The number of hydrogen-bond donors (Lipinski definition) is 1. The first kappa shape index (κ1) is 12.0. The van der Waals surface area contributed by atoms with E-state index in [1.807, 2.05) is 4.57 Å². The Morgan fingerprint density at radius 3 is 2.94 bits per heavy atom. The molecule has 6 nitrogen and oxygen atoms in total. The molecule has 0 spiro atoms. The third kappa shape index (κ3) is 2.14. The van der Waals surface area contributed by atoms with Crippen molar-refractivity contribution in [2.75, 3.05) is 19.1 Å². The quantitative estimate of drug-likeness (QED) is 0.881. The molecular weight excluding hydrogens is 238 g/mol. The van der Waals surface area contributed by atoms with Crippen molar-refractivity contribution in [1.29, 1.82) is 0 Å². The lowest BCUT2D eigenvalue weighted by atomic mass is 10.4. The molecule has 17 heavy (non-hydrogen) atoms. The number of nitrogen functional groups attached to an aromatic ring is 1. The summed E-state index contributed by atoms with van der Waals surface area (Å²) in [5.41, 5.74) is 7.23. The summed E-state index contributed by atoms with van der Waals surface area (Å²) < 4.78 is 7.03. The average Bonchev–Trinajstić information content (AvgIpc) is 2.66. The number of thioether (sulfide) groups is 1. The number of fused-ring (bicyclic) bond motifs is 1. The van der Waals surface area contributed by atoms with Crippen LogP contribution < -0.4 is 10.5 Å². The second-order valence-electron chi connectivity index (χ2n) is 3.68. The highest BCUT2D eigenvalue weighted by Crippen LogP contribution is 2.24. The number of nitrogens with two attached hydrogens (primary N) is 1. The minimum absolute atomic E-state index is 0.440.